The number of rotatable bonds is 4. The van der Waals surface area contributed by atoms with E-state index in [0.29, 0.717) is 21.8 Å². The van der Waals surface area contributed by atoms with Crippen molar-refractivity contribution >= 4 is 34.9 Å². The first-order valence-corrected chi connectivity index (χ1v) is 8.08. The van der Waals surface area contributed by atoms with Gasteiger partial charge < -0.3 is 5.32 Å². The van der Waals surface area contributed by atoms with E-state index in [9.17, 15) is 9.18 Å². The highest BCUT2D eigenvalue weighted by atomic mass is 35.5. The fraction of sp³-hybridized carbons (Fsp3) is 0.188. The molecule has 0 bridgehead atoms. The van der Waals surface area contributed by atoms with E-state index in [1.54, 1.807) is 30.9 Å². The smallest absolute Gasteiger partial charge is 0.260 e. The van der Waals surface area contributed by atoms with Gasteiger partial charge in [-0.1, -0.05) is 29.3 Å². The predicted molar refractivity (Wildman–Crippen MR) is 93.6 cm³/mol. The molecule has 0 fully saturated rings. The molecule has 130 valence electrons. The van der Waals surface area contributed by atoms with Crippen LogP contribution >= 0.6 is 23.2 Å². The van der Waals surface area contributed by atoms with Crippen LogP contribution in [0.2, 0.25) is 10.0 Å². The van der Waals surface area contributed by atoms with Gasteiger partial charge in [-0.05, 0) is 19.1 Å². The number of nitrogens with one attached hydrogen (secondary N) is 1. The topological polar surface area (TPSA) is 64.7 Å². The van der Waals surface area contributed by atoms with Crippen LogP contribution in [0.25, 0.3) is 0 Å². The second kappa shape index (κ2) is 6.85. The van der Waals surface area contributed by atoms with Crippen molar-refractivity contribution in [1.82, 2.24) is 19.6 Å². The van der Waals surface area contributed by atoms with E-state index in [1.165, 1.54) is 23.0 Å². The van der Waals surface area contributed by atoms with Crippen LogP contribution in [-0.2, 0) is 13.6 Å². The maximum Gasteiger partial charge on any atom is 0.260 e. The predicted octanol–water partition coefficient (Wildman–Crippen LogP) is 3.67. The van der Waals surface area contributed by atoms with Crippen LogP contribution in [0.15, 0.2) is 30.6 Å². The van der Waals surface area contributed by atoms with Crippen molar-refractivity contribution in [2.45, 2.75) is 13.5 Å². The van der Waals surface area contributed by atoms with Crippen LogP contribution in [0.3, 0.4) is 0 Å². The van der Waals surface area contributed by atoms with Gasteiger partial charge in [-0.25, -0.2) is 4.39 Å². The Labute approximate surface area is 153 Å². The van der Waals surface area contributed by atoms with E-state index in [2.05, 4.69) is 15.5 Å². The Kier molecular flexibility index (Phi) is 4.78. The molecule has 0 saturated heterocycles. The van der Waals surface area contributed by atoms with Crippen molar-refractivity contribution in [3.63, 3.8) is 0 Å². The number of carbonyl (C=O) groups excluding carboxylic acids is 1. The minimum atomic E-state index is -0.435. The largest absolute Gasteiger partial charge is 0.304 e. The van der Waals surface area contributed by atoms with Crippen LogP contribution in [0, 0.1) is 12.7 Å². The lowest BCUT2D eigenvalue weighted by atomic mass is 10.2. The Morgan fingerprint density at radius 1 is 1.24 bits per heavy atom. The Bertz CT molecular complexity index is 930. The molecular formula is C16H14Cl2FN5O. The van der Waals surface area contributed by atoms with Gasteiger partial charge in [-0.3, -0.25) is 14.2 Å². The lowest BCUT2D eigenvalue weighted by Gasteiger charge is -2.06. The van der Waals surface area contributed by atoms with Gasteiger partial charge in [0.05, 0.1) is 17.8 Å². The molecule has 0 saturated carbocycles. The van der Waals surface area contributed by atoms with Crippen molar-refractivity contribution in [2.75, 3.05) is 5.32 Å². The number of anilines is 1. The summed E-state index contributed by atoms with van der Waals surface area (Å²) in [5, 5.41) is 11.5. The van der Waals surface area contributed by atoms with Crippen molar-refractivity contribution < 1.29 is 9.18 Å². The molecule has 1 aromatic carbocycles. The molecule has 25 heavy (non-hydrogen) atoms. The average Bonchev–Trinajstić information content (AvgIpc) is 3.05. The molecule has 2 aromatic heterocycles. The first-order chi connectivity index (χ1) is 11.8. The number of amides is 1. The Hall–Kier alpha value is -2.38. The van der Waals surface area contributed by atoms with E-state index >= 15 is 0 Å². The second-order valence-electron chi connectivity index (χ2n) is 5.48. The Balaban J connectivity index is 1.81. The standard InChI is InChI=1S/C16H14Cl2FN5O/c1-9-10(6-23(2)21-9)16(25)20-15-13(18)8-24(22-15)7-11-12(17)4-3-5-14(11)19/h3-6,8H,7H2,1-2H3,(H,20,22,25). The van der Waals surface area contributed by atoms with Gasteiger partial charge in [0.2, 0.25) is 0 Å². The molecule has 9 heteroatoms. The highest BCUT2D eigenvalue weighted by Crippen LogP contribution is 2.24. The Morgan fingerprint density at radius 3 is 2.64 bits per heavy atom. The number of carbonyl (C=O) groups is 1. The third-order valence-electron chi connectivity index (χ3n) is 3.59. The van der Waals surface area contributed by atoms with Gasteiger partial charge in [-0.15, -0.1) is 0 Å². The maximum atomic E-state index is 13.9. The summed E-state index contributed by atoms with van der Waals surface area (Å²) in [7, 11) is 1.73. The monoisotopic (exact) mass is 381 g/mol. The average molecular weight is 382 g/mol. The molecule has 1 amide bonds. The minimum absolute atomic E-state index is 0.0903. The highest BCUT2D eigenvalue weighted by molar-refractivity contribution is 6.33. The summed E-state index contributed by atoms with van der Waals surface area (Å²) in [5.41, 5.74) is 1.31. The molecule has 0 atom stereocenters. The summed E-state index contributed by atoms with van der Waals surface area (Å²) in [6.45, 7) is 1.82. The van der Waals surface area contributed by atoms with Crippen LogP contribution in [0.4, 0.5) is 10.2 Å². The molecule has 1 N–H and O–H groups in total. The van der Waals surface area contributed by atoms with Crippen LogP contribution < -0.4 is 5.32 Å². The number of nitrogens with zero attached hydrogens (tertiary/aromatic N) is 4. The van der Waals surface area contributed by atoms with E-state index < -0.39 is 5.82 Å². The van der Waals surface area contributed by atoms with Crippen molar-refractivity contribution in [3.8, 4) is 0 Å². The number of hydrogen-bond donors (Lipinski definition) is 1. The van der Waals surface area contributed by atoms with Gasteiger partial charge in [0, 0.05) is 30.0 Å². The quantitative estimate of drug-likeness (QED) is 0.749. The fourth-order valence-corrected chi connectivity index (χ4v) is 2.83. The summed E-state index contributed by atoms with van der Waals surface area (Å²) in [6.07, 6.45) is 3.10. The maximum absolute atomic E-state index is 13.9. The van der Waals surface area contributed by atoms with Crippen molar-refractivity contribution in [1.29, 1.82) is 0 Å². The normalized spacial score (nSPS) is 10.9. The van der Waals surface area contributed by atoms with Crippen LogP contribution in [-0.4, -0.2) is 25.5 Å². The van der Waals surface area contributed by atoms with Gasteiger partial charge in [-0.2, -0.15) is 10.2 Å². The molecule has 3 rings (SSSR count). The van der Waals surface area contributed by atoms with Crippen LogP contribution in [0.1, 0.15) is 21.6 Å². The molecule has 0 radical (unpaired) electrons. The fourth-order valence-electron chi connectivity index (χ4n) is 2.41. The lowest BCUT2D eigenvalue weighted by Crippen LogP contribution is -2.13. The minimum Gasteiger partial charge on any atom is -0.304 e. The summed E-state index contributed by atoms with van der Waals surface area (Å²) in [4.78, 5) is 12.3. The highest BCUT2D eigenvalue weighted by Gasteiger charge is 2.17. The van der Waals surface area contributed by atoms with Gasteiger partial charge >= 0.3 is 0 Å². The number of halogens is 3. The van der Waals surface area contributed by atoms with Crippen LogP contribution in [0.5, 0.6) is 0 Å². The zero-order valence-corrected chi connectivity index (χ0v) is 14.9. The number of aromatic nitrogens is 4. The first kappa shape index (κ1) is 17.4. The summed E-state index contributed by atoms with van der Waals surface area (Å²) in [6, 6.07) is 4.44. The van der Waals surface area contributed by atoms with Crippen molar-refractivity contribution in [2.24, 2.45) is 7.05 Å². The molecule has 0 aliphatic rings. The number of hydrogen-bond acceptors (Lipinski definition) is 3. The summed E-state index contributed by atoms with van der Waals surface area (Å²) in [5.74, 6) is -0.625. The number of aryl methyl sites for hydroxylation is 2. The van der Waals surface area contributed by atoms with E-state index in [4.69, 9.17) is 23.2 Å². The zero-order chi connectivity index (χ0) is 18.1. The zero-order valence-electron chi connectivity index (χ0n) is 13.4. The first-order valence-electron chi connectivity index (χ1n) is 7.32. The summed E-state index contributed by atoms with van der Waals surface area (Å²) >= 11 is 12.1. The molecule has 6 nitrogen and oxygen atoms in total. The molecule has 0 aliphatic carbocycles. The molecule has 0 aliphatic heterocycles. The molecule has 0 spiro atoms. The van der Waals surface area contributed by atoms with Crippen molar-refractivity contribution in [3.05, 3.63) is 63.3 Å². The SMILES string of the molecule is Cc1nn(C)cc1C(=O)Nc1nn(Cc2c(F)cccc2Cl)cc1Cl. The van der Waals surface area contributed by atoms with Gasteiger partial charge in [0.25, 0.3) is 5.91 Å². The molecule has 3 aromatic rings. The van der Waals surface area contributed by atoms with E-state index in [1.807, 2.05) is 0 Å². The van der Waals surface area contributed by atoms with Gasteiger partial charge in [0.1, 0.15) is 10.8 Å². The lowest BCUT2D eigenvalue weighted by molar-refractivity contribution is 0.102. The molecular weight excluding hydrogens is 368 g/mol. The van der Waals surface area contributed by atoms with Gasteiger partial charge in [0.15, 0.2) is 5.82 Å². The van der Waals surface area contributed by atoms with E-state index in [0.717, 1.165) is 0 Å². The molecule has 0 unspecified atom stereocenters. The summed E-state index contributed by atoms with van der Waals surface area (Å²) < 4.78 is 16.8. The number of benzene rings is 1. The third-order valence-corrected chi connectivity index (χ3v) is 4.22. The molecule has 2 heterocycles. The second-order valence-corrected chi connectivity index (χ2v) is 6.29. The van der Waals surface area contributed by atoms with E-state index in [-0.39, 0.29) is 23.3 Å². The third kappa shape index (κ3) is 3.67. The Morgan fingerprint density at radius 2 is 2.00 bits per heavy atom.